The molecule has 3 amide bonds. The zero-order valence-corrected chi connectivity index (χ0v) is 12.5. The molecule has 5 nitrogen and oxygen atoms in total. The summed E-state index contributed by atoms with van der Waals surface area (Å²) in [4.78, 5) is 25.8. The number of amides is 3. The van der Waals surface area contributed by atoms with E-state index in [1.807, 2.05) is 11.8 Å². The second-order valence-corrected chi connectivity index (χ2v) is 5.94. The van der Waals surface area contributed by atoms with E-state index in [1.54, 1.807) is 0 Å². The maximum atomic E-state index is 12.2. The number of piperidine rings is 1. The number of hydrogen-bond donors (Lipinski definition) is 2. The van der Waals surface area contributed by atoms with Crippen molar-refractivity contribution in [1.29, 1.82) is 0 Å². The number of likely N-dealkylation sites (tertiary alicyclic amines) is 1. The molecule has 0 atom stereocenters. The molecule has 20 heavy (non-hydrogen) atoms. The van der Waals surface area contributed by atoms with Gasteiger partial charge >= 0.3 is 6.03 Å². The smallest absolute Gasteiger partial charge is 0.317 e. The highest BCUT2D eigenvalue weighted by Crippen LogP contribution is 2.20. The summed E-state index contributed by atoms with van der Waals surface area (Å²) in [5, 5.41) is 6.01. The number of carbonyl (C=O) groups excluding carboxylic acids is 2. The van der Waals surface area contributed by atoms with Crippen LogP contribution >= 0.6 is 0 Å². The third-order valence-electron chi connectivity index (χ3n) is 4.44. The van der Waals surface area contributed by atoms with Gasteiger partial charge in [-0.05, 0) is 32.6 Å². The molecule has 1 aliphatic heterocycles. The van der Waals surface area contributed by atoms with Crippen molar-refractivity contribution >= 4 is 11.9 Å². The van der Waals surface area contributed by atoms with Crippen LogP contribution in [0.25, 0.3) is 0 Å². The Morgan fingerprint density at radius 3 is 2.30 bits per heavy atom. The minimum atomic E-state index is 0.0613. The maximum absolute atomic E-state index is 12.2. The topological polar surface area (TPSA) is 61.4 Å². The zero-order chi connectivity index (χ0) is 14.4. The molecule has 2 rings (SSSR count). The van der Waals surface area contributed by atoms with E-state index in [4.69, 9.17) is 0 Å². The zero-order valence-electron chi connectivity index (χ0n) is 12.5. The lowest BCUT2D eigenvalue weighted by atomic mass is 9.95. The number of hydrogen-bond acceptors (Lipinski definition) is 2. The van der Waals surface area contributed by atoms with Gasteiger partial charge in [0.25, 0.3) is 0 Å². The highest BCUT2D eigenvalue weighted by molar-refractivity contribution is 5.79. The number of nitrogens with zero attached hydrogens (tertiary/aromatic N) is 1. The number of urea groups is 1. The molecule has 0 aromatic carbocycles. The normalized spacial score (nSPS) is 21.6. The number of carbonyl (C=O) groups is 2. The third kappa shape index (κ3) is 4.12. The molecule has 114 valence electrons. The van der Waals surface area contributed by atoms with Crippen molar-refractivity contribution in [2.45, 2.75) is 57.9 Å². The van der Waals surface area contributed by atoms with Crippen LogP contribution in [-0.4, -0.2) is 42.5 Å². The summed E-state index contributed by atoms with van der Waals surface area (Å²) in [7, 11) is 0. The van der Waals surface area contributed by atoms with Gasteiger partial charge in [0.05, 0.1) is 0 Å². The Morgan fingerprint density at radius 1 is 1.05 bits per heavy atom. The van der Waals surface area contributed by atoms with Crippen LogP contribution in [0.2, 0.25) is 0 Å². The van der Waals surface area contributed by atoms with Gasteiger partial charge < -0.3 is 15.5 Å². The van der Waals surface area contributed by atoms with Crippen LogP contribution in [0.5, 0.6) is 0 Å². The molecule has 1 saturated heterocycles. The number of rotatable bonds is 3. The van der Waals surface area contributed by atoms with E-state index in [2.05, 4.69) is 10.6 Å². The third-order valence-corrected chi connectivity index (χ3v) is 4.44. The van der Waals surface area contributed by atoms with E-state index in [9.17, 15) is 9.59 Å². The summed E-state index contributed by atoms with van der Waals surface area (Å²) in [6.45, 7) is 4.01. The van der Waals surface area contributed by atoms with Crippen LogP contribution in [0, 0.1) is 5.92 Å². The van der Waals surface area contributed by atoms with Crippen LogP contribution in [0.4, 0.5) is 4.79 Å². The predicted octanol–water partition coefficient (Wildman–Crippen LogP) is 1.88. The fourth-order valence-electron chi connectivity index (χ4n) is 3.18. The van der Waals surface area contributed by atoms with E-state index in [0.717, 1.165) is 25.7 Å². The lowest BCUT2D eigenvalue weighted by Crippen LogP contribution is -2.49. The molecule has 1 heterocycles. The van der Waals surface area contributed by atoms with Gasteiger partial charge in [0.1, 0.15) is 0 Å². The Morgan fingerprint density at radius 2 is 1.70 bits per heavy atom. The van der Waals surface area contributed by atoms with E-state index >= 15 is 0 Å². The first kappa shape index (κ1) is 15.1. The maximum Gasteiger partial charge on any atom is 0.317 e. The molecule has 0 unspecified atom stereocenters. The summed E-state index contributed by atoms with van der Waals surface area (Å²) in [6.07, 6.45) is 7.54. The Labute approximate surface area is 121 Å². The van der Waals surface area contributed by atoms with Crippen molar-refractivity contribution in [3.8, 4) is 0 Å². The molecule has 0 aromatic rings. The van der Waals surface area contributed by atoms with Gasteiger partial charge in [-0.2, -0.15) is 0 Å². The summed E-state index contributed by atoms with van der Waals surface area (Å²) in [5.74, 6) is 0.216. The molecule has 0 radical (unpaired) electrons. The summed E-state index contributed by atoms with van der Waals surface area (Å²) in [6, 6.07) is 0.420. The van der Waals surface area contributed by atoms with Crippen molar-refractivity contribution in [1.82, 2.24) is 15.5 Å². The molecule has 2 N–H and O–H groups in total. The van der Waals surface area contributed by atoms with Crippen molar-refractivity contribution < 1.29 is 9.59 Å². The fraction of sp³-hybridized carbons (Fsp3) is 0.867. The molecule has 5 heteroatoms. The van der Waals surface area contributed by atoms with Crippen LogP contribution in [0.1, 0.15) is 51.9 Å². The van der Waals surface area contributed by atoms with Crippen LogP contribution in [0.3, 0.4) is 0 Å². The average Bonchev–Trinajstić information content (AvgIpc) is 2.48. The van der Waals surface area contributed by atoms with Crippen LogP contribution in [-0.2, 0) is 4.79 Å². The molecule has 0 spiro atoms. The van der Waals surface area contributed by atoms with Gasteiger partial charge in [0, 0.05) is 31.6 Å². The Balaban J connectivity index is 1.72. The molecule has 2 aliphatic rings. The Kier molecular flexibility index (Phi) is 5.68. The van der Waals surface area contributed by atoms with Crippen molar-refractivity contribution in [3.05, 3.63) is 0 Å². The monoisotopic (exact) mass is 281 g/mol. The van der Waals surface area contributed by atoms with Gasteiger partial charge in [-0.1, -0.05) is 19.3 Å². The first-order chi connectivity index (χ1) is 9.70. The standard InChI is InChI=1S/C15H27N3O2/c1-2-16-14(19)12-8-10-18(11-9-12)15(20)17-13-6-4-3-5-7-13/h12-13H,2-11H2,1H3,(H,16,19)(H,17,20). The Hall–Kier alpha value is -1.26. The van der Waals surface area contributed by atoms with E-state index in [1.165, 1.54) is 19.3 Å². The average molecular weight is 281 g/mol. The summed E-state index contributed by atoms with van der Waals surface area (Å²) in [5.41, 5.74) is 0. The quantitative estimate of drug-likeness (QED) is 0.829. The second-order valence-electron chi connectivity index (χ2n) is 5.94. The predicted molar refractivity (Wildman–Crippen MR) is 78.4 cm³/mol. The van der Waals surface area contributed by atoms with E-state index in [-0.39, 0.29) is 17.9 Å². The van der Waals surface area contributed by atoms with Gasteiger partial charge in [-0.15, -0.1) is 0 Å². The molecule has 0 bridgehead atoms. The van der Waals surface area contributed by atoms with Crippen molar-refractivity contribution in [2.24, 2.45) is 5.92 Å². The SMILES string of the molecule is CCNC(=O)C1CCN(C(=O)NC2CCCCC2)CC1. The molecule has 0 aromatic heterocycles. The first-order valence-corrected chi connectivity index (χ1v) is 8.04. The van der Waals surface area contributed by atoms with Crippen molar-refractivity contribution in [2.75, 3.05) is 19.6 Å². The summed E-state index contributed by atoms with van der Waals surface area (Å²) < 4.78 is 0. The number of nitrogens with one attached hydrogen (secondary N) is 2. The highest BCUT2D eigenvalue weighted by atomic mass is 16.2. The van der Waals surface area contributed by atoms with Gasteiger partial charge in [-0.3, -0.25) is 4.79 Å². The lowest BCUT2D eigenvalue weighted by Gasteiger charge is -2.33. The van der Waals surface area contributed by atoms with Gasteiger partial charge in [0.15, 0.2) is 0 Å². The van der Waals surface area contributed by atoms with Gasteiger partial charge in [0.2, 0.25) is 5.91 Å². The molecular formula is C15H27N3O2. The molecule has 1 saturated carbocycles. The van der Waals surface area contributed by atoms with Crippen molar-refractivity contribution in [3.63, 3.8) is 0 Å². The largest absolute Gasteiger partial charge is 0.356 e. The minimum Gasteiger partial charge on any atom is -0.356 e. The highest BCUT2D eigenvalue weighted by Gasteiger charge is 2.28. The van der Waals surface area contributed by atoms with Gasteiger partial charge in [-0.25, -0.2) is 4.79 Å². The Bertz CT molecular complexity index is 332. The summed E-state index contributed by atoms with van der Waals surface area (Å²) >= 11 is 0. The fourth-order valence-corrected chi connectivity index (χ4v) is 3.18. The van der Waals surface area contributed by atoms with Crippen LogP contribution < -0.4 is 10.6 Å². The van der Waals surface area contributed by atoms with Crippen LogP contribution in [0.15, 0.2) is 0 Å². The molecule has 1 aliphatic carbocycles. The molecule has 2 fully saturated rings. The van der Waals surface area contributed by atoms with E-state index in [0.29, 0.717) is 25.7 Å². The van der Waals surface area contributed by atoms with E-state index < -0.39 is 0 Å². The first-order valence-electron chi connectivity index (χ1n) is 8.04. The minimum absolute atomic E-state index is 0.0613. The second kappa shape index (κ2) is 7.50. The molecular weight excluding hydrogens is 254 g/mol. The lowest BCUT2D eigenvalue weighted by molar-refractivity contribution is -0.126.